The molecule has 0 saturated carbocycles. The molecule has 0 aliphatic carbocycles. The lowest BCUT2D eigenvalue weighted by Gasteiger charge is -2.27. The van der Waals surface area contributed by atoms with E-state index in [1.807, 2.05) is 47.5 Å². The molecular weight excluding hydrogens is 474 g/mol. The van der Waals surface area contributed by atoms with Crippen LogP contribution in [0.25, 0.3) is 10.9 Å². The largest absolute Gasteiger partial charge is 0.467 e. The van der Waals surface area contributed by atoms with Crippen LogP contribution in [0.5, 0.6) is 0 Å². The summed E-state index contributed by atoms with van der Waals surface area (Å²) in [7, 11) is 1.31. The molecule has 10 nitrogen and oxygen atoms in total. The van der Waals surface area contributed by atoms with E-state index < -0.39 is 24.2 Å². The molecule has 0 bridgehead atoms. The summed E-state index contributed by atoms with van der Waals surface area (Å²) in [6.45, 7) is 1.16. The fourth-order valence-corrected chi connectivity index (χ4v) is 5.21. The highest BCUT2D eigenvalue weighted by atomic mass is 16.5. The van der Waals surface area contributed by atoms with Crippen molar-refractivity contribution in [3.05, 3.63) is 60.6 Å². The molecule has 2 saturated heterocycles. The molecule has 10 heteroatoms. The van der Waals surface area contributed by atoms with Crippen LogP contribution in [0.1, 0.15) is 24.8 Å². The van der Waals surface area contributed by atoms with Gasteiger partial charge in [-0.15, -0.1) is 0 Å². The molecule has 0 spiro atoms. The van der Waals surface area contributed by atoms with E-state index in [-0.39, 0.29) is 24.3 Å². The number of nitrogens with one attached hydrogen (secondary N) is 3. The van der Waals surface area contributed by atoms with Crippen LogP contribution in [0.4, 0.5) is 5.69 Å². The van der Waals surface area contributed by atoms with Crippen LogP contribution < -0.4 is 15.5 Å². The summed E-state index contributed by atoms with van der Waals surface area (Å²) >= 11 is 0. The summed E-state index contributed by atoms with van der Waals surface area (Å²) in [5.41, 5.74) is 2.65. The Labute approximate surface area is 214 Å². The molecule has 3 aromatic rings. The standard InChI is InChI=1S/C27H31N5O5/c1-36-26(34)23(13-17-15-30-21-6-3-2-5-20(17)21)31-25(33)24-14-19(37-27(35)22-7-4-10-29-22)16-32(24)18-8-11-28-12-9-18/h2-3,5-6,8-9,11-12,15,19,22-24,29-30H,4,7,10,13-14,16H2,1H3,(H,31,33)/t19-,22-,23+,24+/m1/s1. The fourth-order valence-electron chi connectivity index (χ4n) is 5.21. The topological polar surface area (TPSA) is 126 Å². The first kappa shape index (κ1) is 24.8. The Morgan fingerprint density at radius 1 is 1.19 bits per heavy atom. The number of benzene rings is 1. The van der Waals surface area contributed by atoms with Gasteiger partial charge in [0.1, 0.15) is 24.2 Å². The monoisotopic (exact) mass is 505 g/mol. The van der Waals surface area contributed by atoms with Gasteiger partial charge in [-0.25, -0.2) is 4.79 Å². The lowest BCUT2D eigenvalue weighted by Crippen LogP contribution is -2.50. The highest BCUT2D eigenvalue weighted by Crippen LogP contribution is 2.28. The van der Waals surface area contributed by atoms with Gasteiger partial charge in [0.15, 0.2) is 0 Å². The fraction of sp³-hybridized carbons (Fsp3) is 0.407. The number of rotatable bonds is 8. The molecule has 5 rings (SSSR count). The third-order valence-electron chi connectivity index (χ3n) is 7.09. The van der Waals surface area contributed by atoms with E-state index in [9.17, 15) is 14.4 Å². The highest BCUT2D eigenvalue weighted by molar-refractivity contribution is 5.91. The number of para-hydroxylation sites is 1. The quantitative estimate of drug-likeness (QED) is 0.395. The summed E-state index contributed by atoms with van der Waals surface area (Å²) in [6, 6.07) is 9.60. The van der Waals surface area contributed by atoms with Crippen LogP contribution in [0.2, 0.25) is 0 Å². The van der Waals surface area contributed by atoms with Gasteiger partial charge >= 0.3 is 11.9 Å². The molecule has 1 amide bonds. The third kappa shape index (κ3) is 5.43. The Morgan fingerprint density at radius 2 is 2.00 bits per heavy atom. The average molecular weight is 506 g/mol. The molecule has 2 aliphatic rings. The maximum Gasteiger partial charge on any atom is 0.328 e. The van der Waals surface area contributed by atoms with Crippen LogP contribution in [-0.2, 0) is 30.3 Å². The van der Waals surface area contributed by atoms with Gasteiger partial charge in [0.2, 0.25) is 5.91 Å². The molecule has 2 aromatic heterocycles. The lowest BCUT2D eigenvalue weighted by atomic mass is 10.0. The van der Waals surface area contributed by atoms with Crippen molar-refractivity contribution >= 4 is 34.4 Å². The van der Waals surface area contributed by atoms with E-state index in [2.05, 4.69) is 20.6 Å². The first-order chi connectivity index (χ1) is 18.0. The number of aromatic nitrogens is 2. The van der Waals surface area contributed by atoms with Crippen molar-refractivity contribution in [3.63, 3.8) is 0 Å². The molecule has 0 radical (unpaired) electrons. The Balaban J connectivity index is 1.33. The smallest absolute Gasteiger partial charge is 0.328 e. The number of anilines is 1. The van der Waals surface area contributed by atoms with E-state index in [4.69, 9.17) is 9.47 Å². The van der Waals surface area contributed by atoms with E-state index in [0.29, 0.717) is 13.0 Å². The van der Waals surface area contributed by atoms with Gasteiger partial charge in [0.25, 0.3) is 0 Å². The van der Waals surface area contributed by atoms with E-state index in [0.717, 1.165) is 41.5 Å². The zero-order valence-corrected chi connectivity index (χ0v) is 20.7. The van der Waals surface area contributed by atoms with Gasteiger partial charge in [-0.2, -0.15) is 0 Å². The van der Waals surface area contributed by atoms with Gasteiger partial charge in [-0.3, -0.25) is 14.6 Å². The summed E-state index contributed by atoms with van der Waals surface area (Å²) in [4.78, 5) is 48.1. The number of H-pyrrole nitrogens is 1. The molecule has 3 N–H and O–H groups in total. The van der Waals surface area contributed by atoms with E-state index in [1.165, 1.54) is 7.11 Å². The number of fused-ring (bicyclic) bond motifs is 1. The molecule has 0 unspecified atom stereocenters. The van der Waals surface area contributed by atoms with E-state index in [1.54, 1.807) is 12.4 Å². The Morgan fingerprint density at radius 3 is 2.76 bits per heavy atom. The minimum absolute atomic E-state index is 0.274. The van der Waals surface area contributed by atoms with Crippen molar-refractivity contribution in [2.45, 2.75) is 49.9 Å². The lowest BCUT2D eigenvalue weighted by molar-refractivity contribution is -0.150. The molecule has 194 valence electrons. The molecule has 37 heavy (non-hydrogen) atoms. The minimum atomic E-state index is -0.875. The maximum atomic E-state index is 13.6. The molecule has 2 fully saturated rings. The molecule has 2 aliphatic heterocycles. The molecular formula is C27H31N5O5. The van der Waals surface area contributed by atoms with Gasteiger partial charge in [0, 0.05) is 48.0 Å². The SMILES string of the molecule is COC(=O)[C@H](Cc1c[nH]c2ccccc12)NC(=O)[C@@H]1C[C@@H](OC(=O)[C@H]2CCCN2)CN1c1ccncc1. The Hall–Kier alpha value is -3.92. The van der Waals surface area contributed by atoms with Crippen LogP contribution >= 0.6 is 0 Å². The number of nitrogens with zero attached hydrogens (tertiary/aromatic N) is 2. The van der Waals surface area contributed by atoms with Crippen LogP contribution in [0.15, 0.2) is 55.0 Å². The van der Waals surface area contributed by atoms with Crippen molar-refractivity contribution in [2.75, 3.05) is 25.1 Å². The Kier molecular flexibility index (Phi) is 7.36. The van der Waals surface area contributed by atoms with Gasteiger partial charge in [0.05, 0.1) is 13.7 Å². The first-order valence-electron chi connectivity index (χ1n) is 12.6. The second-order valence-corrected chi connectivity index (χ2v) is 9.47. The van der Waals surface area contributed by atoms with Crippen LogP contribution in [0.3, 0.4) is 0 Å². The summed E-state index contributed by atoms with van der Waals surface area (Å²) in [5, 5.41) is 7.04. The number of methoxy groups -OCH3 is 1. The number of pyridine rings is 1. The molecule has 4 heterocycles. The zero-order valence-electron chi connectivity index (χ0n) is 20.7. The predicted molar refractivity (Wildman–Crippen MR) is 137 cm³/mol. The maximum absolute atomic E-state index is 13.6. The average Bonchev–Trinajstić information content (AvgIpc) is 3.69. The summed E-state index contributed by atoms with van der Waals surface area (Å²) in [5.74, 6) is -1.14. The number of ether oxygens (including phenoxy) is 2. The zero-order chi connectivity index (χ0) is 25.8. The van der Waals surface area contributed by atoms with Crippen molar-refractivity contribution in [2.24, 2.45) is 0 Å². The van der Waals surface area contributed by atoms with E-state index >= 15 is 0 Å². The van der Waals surface area contributed by atoms with Gasteiger partial charge in [-0.1, -0.05) is 18.2 Å². The number of esters is 2. The van der Waals surface area contributed by atoms with Crippen molar-refractivity contribution in [1.29, 1.82) is 0 Å². The number of hydrogen-bond donors (Lipinski definition) is 3. The third-order valence-corrected chi connectivity index (χ3v) is 7.09. The van der Waals surface area contributed by atoms with Gasteiger partial charge in [-0.05, 0) is 43.1 Å². The second-order valence-electron chi connectivity index (χ2n) is 9.47. The predicted octanol–water partition coefficient (Wildman–Crippen LogP) is 1.71. The molecule has 1 aromatic carbocycles. The van der Waals surface area contributed by atoms with Gasteiger partial charge < -0.3 is 30.0 Å². The summed E-state index contributed by atoms with van der Waals surface area (Å²) in [6.07, 6.45) is 6.97. The second kappa shape index (κ2) is 11.0. The van der Waals surface area contributed by atoms with Crippen molar-refractivity contribution < 1.29 is 23.9 Å². The highest BCUT2D eigenvalue weighted by Gasteiger charge is 2.41. The number of amides is 1. The minimum Gasteiger partial charge on any atom is -0.467 e. The number of carbonyl (C=O) groups is 3. The van der Waals surface area contributed by atoms with Crippen LogP contribution in [-0.4, -0.2) is 72.2 Å². The van der Waals surface area contributed by atoms with Crippen molar-refractivity contribution in [1.82, 2.24) is 20.6 Å². The van der Waals surface area contributed by atoms with Crippen molar-refractivity contribution in [3.8, 4) is 0 Å². The number of aromatic amines is 1. The number of carbonyl (C=O) groups excluding carboxylic acids is 3. The Bertz CT molecular complexity index is 1260. The number of hydrogen-bond acceptors (Lipinski definition) is 8. The molecule has 4 atom stereocenters. The normalized spacial score (nSPS) is 22.1. The summed E-state index contributed by atoms with van der Waals surface area (Å²) < 4.78 is 10.8. The van der Waals surface area contributed by atoms with Crippen LogP contribution in [0, 0.1) is 0 Å². The first-order valence-corrected chi connectivity index (χ1v) is 12.6.